The SMILES string of the molecule is Cc1ccc(Nc2c(C#N)c(=O)n(C)c(=O)n2C)cc1C. The third-order valence-corrected chi connectivity index (χ3v) is 3.55. The monoisotopic (exact) mass is 284 g/mol. The number of nitrogens with zero attached hydrogens (tertiary/aromatic N) is 3. The second-order valence-electron chi connectivity index (χ2n) is 4.97. The Morgan fingerprint density at radius 3 is 2.33 bits per heavy atom. The highest BCUT2D eigenvalue weighted by Gasteiger charge is 2.15. The molecule has 0 bridgehead atoms. The Morgan fingerprint density at radius 2 is 1.76 bits per heavy atom. The third-order valence-electron chi connectivity index (χ3n) is 3.55. The largest absolute Gasteiger partial charge is 0.340 e. The zero-order valence-corrected chi connectivity index (χ0v) is 12.4. The first-order valence-corrected chi connectivity index (χ1v) is 6.41. The molecule has 0 fully saturated rings. The lowest BCUT2D eigenvalue weighted by atomic mass is 10.1. The number of nitrogens with one attached hydrogen (secondary N) is 1. The summed E-state index contributed by atoms with van der Waals surface area (Å²) in [6.07, 6.45) is 0. The van der Waals surface area contributed by atoms with E-state index in [-0.39, 0.29) is 11.4 Å². The molecule has 0 amide bonds. The summed E-state index contributed by atoms with van der Waals surface area (Å²) in [7, 11) is 2.87. The summed E-state index contributed by atoms with van der Waals surface area (Å²) < 4.78 is 2.18. The molecule has 1 aromatic carbocycles. The number of rotatable bonds is 2. The molecule has 1 heterocycles. The van der Waals surface area contributed by atoms with Crippen molar-refractivity contribution in [1.82, 2.24) is 9.13 Å². The molecule has 108 valence electrons. The van der Waals surface area contributed by atoms with Gasteiger partial charge in [-0.2, -0.15) is 5.26 Å². The van der Waals surface area contributed by atoms with Crippen molar-refractivity contribution in [2.45, 2.75) is 13.8 Å². The predicted octanol–water partition coefficient (Wildman–Crippen LogP) is 1.32. The minimum Gasteiger partial charge on any atom is -0.340 e. The van der Waals surface area contributed by atoms with Gasteiger partial charge in [-0.25, -0.2) is 4.79 Å². The molecule has 6 heteroatoms. The zero-order chi connectivity index (χ0) is 15.7. The maximum Gasteiger partial charge on any atom is 0.332 e. The molecule has 1 aromatic heterocycles. The molecule has 6 nitrogen and oxygen atoms in total. The van der Waals surface area contributed by atoms with Crippen molar-refractivity contribution < 1.29 is 0 Å². The molecular weight excluding hydrogens is 268 g/mol. The smallest absolute Gasteiger partial charge is 0.332 e. The van der Waals surface area contributed by atoms with Gasteiger partial charge in [0.25, 0.3) is 5.56 Å². The van der Waals surface area contributed by atoms with Crippen LogP contribution in [0.3, 0.4) is 0 Å². The van der Waals surface area contributed by atoms with Gasteiger partial charge in [0.2, 0.25) is 0 Å². The number of aromatic nitrogens is 2. The van der Waals surface area contributed by atoms with Gasteiger partial charge in [-0.05, 0) is 37.1 Å². The Kier molecular flexibility index (Phi) is 3.68. The van der Waals surface area contributed by atoms with Gasteiger partial charge in [-0.15, -0.1) is 0 Å². The van der Waals surface area contributed by atoms with Gasteiger partial charge in [0.1, 0.15) is 11.9 Å². The Morgan fingerprint density at radius 1 is 1.10 bits per heavy atom. The lowest BCUT2D eigenvalue weighted by Crippen LogP contribution is -2.39. The molecular formula is C15H16N4O2. The van der Waals surface area contributed by atoms with E-state index in [9.17, 15) is 14.9 Å². The Balaban J connectivity index is 2.65. The van der Waals surface area contributed by atoms with Crippen LogP contribution in [0.1, 0.15) is 16.7 Å². The molecule has 0 aliphatic carbocycles. The molecule has 0 saturated carbocycles. The van der Waals surface area contributed by atoms with Crippen LogP contribution < -0.4 is 16.6 Å². The fourth-order valence-corrected chi connectivity index (χ4v) is 2.05. The number of hydrogen-bond acceptors (Lipinski definition) is 4. The van der Waals surface area contributed by atoms with Crippen LogP contribution in [0, 0.1) is 25.2 Å². The van der Waals surface area contributed by atoms with E-state index in [1.54, 1.807) is 0 Å². The molecule has 21 heavy (non-hydrogen) atoms. The van der Waals surface area contributed by atoms with Crippen LogP contribution in [0.2, 0.25) is 0 Å². The molecule has 0 aliphatic rings. The number of nitriles is 1. The van der Waals surface area contributed by atoms with E-state index in [4.69, 9.17) is 0 Å². The molecule has 0 saturated heterocycles. The summed E-state index contributed by atoms with van der Waals surface area (Å²) >= 11 is 0. The van der Waals surface area contributed by atoms with E-state index >= 15 is 0 Å². The highest BCUT2D eigenvalue weighted by atomic mass is 16.2. The molecule has 0 aliphatic heterocycles. The minimum atomic E-state index is -0.605. The lowest BCUT2D eigenvalue weighted by molar-refractivity contribution is 0.689. The third kappa shape index (κ3) is 2.46. The van der Waals surface area contributed by atoms with Crippen molar-refractivity contribution >= 4 is 11.5 Å². The van der Waals surface area contributed by atoms with E-state index in [2.05, 4.69) is 5.32 Å². The van der Waals surface area contributed by atoms with Crippen LogP contribution in [0.5, 0.6) is 0 Å². The van der Waals surface area contributed by atoms with Crippen LogP contribution in [0.25, 0.3) is 0 Å². The van der Waals surface area contributed by atoms with E-state index in [0.29, 0.717) is 0 Å². The maximum atomic E-state index is 12.0. The van der Waals surface area contributed by atoms with Gasteiger partial charge in [-0.1, -0.05) is 6.07 Å². The van der Waals surface area contributed by atoms with Gasteiger partial charge in [0.15, 0.2) is 5.56 Å². The number of aryl methyl sites for hydroxylation is 2. The normalized spacial score (nSPS) is 10.2. The topological polar surface area (TPSA) is 79.8 Å². The summed E-state index contributed by atoms with van der Waals surface area (Å²) in [5.74, 6) is 0.203. The van der Waals surface area contributed by atoms with Crippen molar-refractivity contribution in [3.8, 4) is 6.07 Å². The van der Waals surface area contributed by atoms with E-state index in [1.807, 2.05) is 38.1 Å². The Hall–Kier alpha value is -2.81. The van der Waals surface area contributed by atoms with Gasteiger partial charge in [0.05, 0.1) is 0 Å². The van der Waals surface area contributed by atoms with Gasteiger partial charge in [0, 0.05) is 19.8 Å². The second kappa shape index (κ2) is 5.29. The molecule has 0 unspecified atom stereocenters. The lowest BCUT2D eigenvalue weighted by Gasteiger charge is -2.14. The first-order chi connectivity index (χ1) is 9.86. The van der Waals surface area contributed by atoms with E-state index < -0.39 is 11.2 Å². The zero-order valence-electron chi connectivity index (χ0n) is 12.4. The van der Waals surface area contributed by atoms with Crippen LogP contribution in [0.4, 0.5) is 11.5 Å². The predicted molar refractivity (Wildman–Crippen MR) is 80.8 cm³/mol. The molecule has 1 N–H and O–H groups in total. The molecule has 2 aromatic rings. The number of anilines is 2. The van der Waals surface area contributed by atoms with Crippen LogP contribution >= 0.6 is 0 Å². The van der Waals surface area contributed by atoms with Crippen molar-refractivity contribution in [3.63, 3.8) is 0 Å². The van der Waals surface area contributed by atoms with Gasteiger partial charge < -0.3 is 5.32 Å². The first kappa shape index (κ1) is 14.6. The maximum absolute atomic E-state index is 12.0. The number of benzene rings is 1. The van der Waals surface area contributed by atoms with E-state index in [0.717, 1.165) is 21.4 Å². The fraction of sp³-hybridized carbons (Fsp3) is 0.267. The summed E-state index contributed by atoms with van der Waals surface area (Å²) in [5, 5.41) is 12.2. The first-order valence-electron chi connectivity index (χ1n) is 6.41. The Bertz CT molecular complexity index is 869. The van der Waals surface area contributed by atoms with Gasteiger partial charge in [-0.3, -0.25) is 13.9 Å². The van der Waals surface area contributed by atoms with Crippen LogP contribution in [0.15, 0.2) is 27.8 Å². The van der Waals surface area contributed by atoms with Gasteiger partial charge >= 0.3 is 5.69 Å². The summed E-state index contributed by atoms with van der Waals surface area (Å²) in [4.78, 5) is 24.0. The summed E-state index contributed by atoms with van der Waals surface area (Å²) in [5.41, 5.74) is 1.76. The molecule has 0 spiro atoms. The molecule has 0 atom stereocenters. The highest BCUT2D eigenvalue weighted by molar-refractivity contribution is 5.63. The van der Waals surface area contributed by atoms with Crippen molar-refractivity contribution in [2.24, 2.45) is 14.1 Å². The quantitative estimate of drug-likeness (QED) is 0.902. The van der Waals surface area contributed by atoms with E-state index in [1.165, 1.54) is 18.7 Å². The Labute approximate surface area is 121 Å². The van der Waals surface area contributed by atoms with Crippen molar-refractivity contribution in [2.75, 3.05) is 5.32 Å². The van der Waals surface area contributed by atoms with Crippen molar-refractivity contribution in [3.05, 3.63) is 55.7 Å². The average Bonchev–Trinajstić information content (AvgIpc) is 2.46. The standard InChI is InChI=1S/C15H16N4O2/c1-9-5-6-11(7-10(9)2)17-13-12(8-16)14(20)19(4)15(21)18(13)3/h5-7,17H,1-4H3. The number of hydrogen-bond donors (Lipinski definition) is 1. The summed E-state index contributed by atoms with van der Waals surface area (Å²) in [6.45, 7) is 3.96. The molecule has 0 radical (unpaired) electrons. The fourth-order valence-electron chi connectivity index (χ4n) is 2.05. The highest BCUT2D eigenvalue weighted by Crippen LogP contribution is 2.19. The van der Waals surface area contributed by atoms with Crippen molar-refractivity contribution in [1.29, 1.82) is 5.26 Å². The second-order valence-corrected chi connectivity index (χ2v) is 4.97. The average molecular weight is 284 g/mol. The van der Waals surface area contributed by atoms with Crippen LogP contribution in [-0.4, -0.2) is 9.13 Å². The minimum absolute atomic E-state index is 0.0853. The van der Waals surface area contributed by atoms with Crippen LogP contribution in [-0.2, 0) is 14.1 Å². The summed E-state index contributed by atoms with van der Waals surface area (Å²) in [6, 6.07) is 7.54. The molecule has 2 rings (SSSR count).